The Hall–Kier alpha value is -0.910. The molecule has 1 aromatic heterocycles. The molecule has 2 aromatic rings. The van der Waals surface area contributed by atoms with Crippen LogP contribution < -0.4 is 0 Å². The Morgan fingerprint density at radius 2 is 2.25 bits per heavy atom. The molecule has 1 N–H and O–H groups in total. The van der Waals surface area contributed by atoms with E-state index in [0.717, 1.165) is 17.6 Å². The largest absolute Gasteiger partial charge is 0.331 e. The van der Waals surface area contributed by atoms with Gasteiger partial charge in [-0.1, -0.05) is 11.6 Å². The number of fused-ring (bicyclic) bond motifs is 1. The van der Waals surface area contributed by atoms with Gasteiger partial charge in [-0.25, -0.2) is 4.39 Å². The van der Waals surface area contributed by atoms with Crippen molar-refractivity contribution in [3.63, 3.8) is 0 Å². The zero-order valence-electron chi connectivity index (χ0n) is 11.5. The van der Waals surface area contributed by atoms with Gasteiger partial charge in [-0.15, -0.1) is 0 Å². The average molecular weight is 314 g/mol. The van der Waals surface area contributed by atoms with Crippen molar-refractivity contribution in [2.75, 3.05) is 7.05 Å². The van der Waals surface area contributed by atoms with Crippen LogP contribution in [0.25, 0.3) is 11.0 Å². The Balaban J connectivity index is 1.96. The highest BCUT2D eigenvalue weighted by molar-refractivity contribution is 7.71. The summed E-state index contributed by atoms with van der Waals surface area (Å²) >= 11 is 11.2. The first-order valence-corrected chi connectivity index (χ1v) is 7.55. The zero-order valence-corrected chi connectivity index (χ0v) is 13.1. The Bertz CT molecular complexity index is 704. The molecule has 0 spiro atoms. The molecule has 20 heavy (non-hydrogen) atoms. The molecular formula is C14H17ClFN3S. The first-order valence-electron chi connectivity index (χ1n) is 6.77. The van der Waals surface area contributed by atoms with Gasteiger partial charge in [0.1, 0.15) is 5.82 Å². The molecule has 1 saturated carbocycles. The van der Waals surface area contributed by atoms with Crippen LogP contribution in [0.1, 0.15) is 19.8 Å². The van der Waals surface area contributed by atoms with Gasteiger partial charge < -0.3 is 9.55 Å². The van der Waals surface area contributed by atoms with E-state index in [4.69, 9.17) is 23.8 Å². The van der Waals surface area contributed by atoms with E-state index >= 15 is 0 Å². The van der Waals surface area contributed by atoms with Crippen molar-refractivity contribution in [3.8, 4) is 0 Å². The summed E-state index contributed by atoms with van der Waals surface area (Å²) in [6.07, 6.45) is 2.54. The third-order valence-electron chi connectivity index (χ3n) is 4.08. The third kappa shape index (κ3) is 2.50. The molecule has 0 radical (unpaired) electrons. The van der Waals surface area contributed by atoms with Crippen molar-refractivity contribution >= 4 is 34.9 Å². The number of nitrogens with zero attached hydrogens (tertiary/aromatic N) is 2. The molecule has 6 heteroatoms. The van der Waals surface area contributed by atoms with Gasteiger partial charge in [0.15, 0.2) is 4.77 Å². The van der Waals surface area contributed by atoms with Crippen LogP contribution in [0.3, 0.4) is 0 Å². The van der Waals surface area contributed by atoms with E-state index < -0.39 is 5.82 Å². The van der Waals surface area contributed by atoms with Crippen molar-refractivity contribution < 1.29 is 4.39 Å². The van der Waals surface area contributed by atoms with Crippen molar-refractivity contribution in [3.05, 3.63) is 27.7 Å². The molecule has 1 fully saturated rings. The molecule has 1 unspecified atom stereocenters. The lowest BCUT2D eigenvalue weighted by Crippen LogP contribution is -2.34. The third-order valence-corrected chi connectivity index (χ3v) is 4.69. The predicted molar refractivity (Wildman–Crippen MR) is 82.3 cm³/mol. The number of halogens is 2. The average Bonchev–Trinajstić information content (AvgIpc) is 3.19. The molecule has 0 bridgehead atoms. The van der Waals surface area contributed by atoms with Gasteiger partial charge in [-0.05, 0) is 45.1 Å². The fraction of sp³-hybridized carbons (Fsp3) is 0.500. The number of H-pyrrole nitrogens is 1. The second-order valence-electron chi connectivity index (χ2n) is 5.57. The molecule has 1 aliphatic rings. The van der Waals surface area contributed by atoms with Crippen LogP contribution in [0.5, 0.6) is 0 Å². The number of imidazole rings is 1. The lowest BCUT2D eigenvalue weighted by atomic mass is 10.2. The number of likely N-dealkylation sites (N-methyl/N-ethyl adjacent to an activating group) is 1. The maximum Gasteiger partial charge on any atom is 0.178 e. The Kier molecular flexibility index (Phi) is 3.60. The predicted octanol–water partition coefficient (Wildman–Crippen LogP) is 3.97. The van der Waals surface area contributed by atoms with Crippen LogP contribution in [0.15, 0.2) is 12.1 Å². The molecule has 1 atom stereocenters. The van der Waals surface area contributed by atoms with E-state index in [1.807, 2.05) is 4.57 Å². The summed E-state index contributed by atoms with van der Waals surface area (Å²) in [5.41, 5.74) is 1.55. The molecule has 1 heterocycles. The van der Waals surface area contributed by atoms with Crippen molar-refractivity contribution in [1.82, 2.24) is 14.5 Å². The number of hydrogen-bond acceptors (Lipinski definition) is 2. The maximum atomic E-state index is 13.7. The topological polar surface area (TPSA) is 24.0 Å². The van der Waals surface area contributed by atoms with E-state index in [1.165, 1.54) is 18.9 Å². The summed E-state index contributed by atoms with van der Waals surface area (Å²) in [7, 11) is 2.14. The SMILES string of the molecule is CC(Cn1c(=S)[nH]c2cc(Cl)c(F)cc21)N(C)C1CC1. The number of benzene rings is 1. The molecule has 3 nitrogen and oxygen atoms in total. The van der Waals surface area contributed by atoms with E-state index in [-0.39, 0.29) is 5.02 Å². The minimum Gasteiger partial charge on any atom is -0.331 e. The summed E-state index contributed by atoms with van der Waals surface area (Å²) in [4.78, 5) is 5.46. The summed E-state index contributed by atoms with van der Waals surface area (Å²) < 4.78 is 16.2. The number of nitrogens with one attached hydrogen (secondary N) is 1. The highest BCUT2D eigenvalue weighted by atomic mass is 35.5. The highest BCUT2D eigenvalue weighted by Gasteiger charge is 2.29. The van der Waals surface area contributed by atoms with Gasteiger partial charge >= 0.3 is 0 Å². The van der Waals surface area contributed by atoms with Gasteiger partial charge in [0, 0.05) is 24.7 Å². The molecule has 0 amide bonds. The van der Waals surface area contributed by atoms with Gasteiger partial charge in [0.2, 0.25) is 0 Å². The molecule has 1 aromatic carbocycles. The normalized spacial score (nSPS) is 17.1. The number of aromatic amines is 1. The summed E-state index contributed by atoms with van der Waals surface area (Å²) in [6, 6.07) is 4.09. The van der Waals surface area contributed by atoms with Gasteiger partial charge in [-0.2, -0.15) is 0 Å². The second kappa shape index (κ2) is 5.13. The van der Waals surface area contributed by atoms with E-state index in [0.29, 0.717) is 16.9 Å². The Morgan fingerprint density at radius 3 is 2.90 bits per heavy atom. The lowest BCUT2D eigenvalue weighted by molar-refractivity contribution is 0.226. The van der Waals surface area contributed by atoms with Crippen LogP contribution in [0.2, 0.25) is 5.02 Å². The van der Waals surface area contributed by atoms with Crippen molar-refractivity contribution in [2.24, 2.45) is 0 Å². The molecule has 0 saturated heterocycles. The van der Waals surface area contributed by atoms with Crippen molar-refractivity contribution in [2.45, 2.75) is 38.4 Å². The fourth-order valence-electron chi connectivity index (χ4n) is 2.57. The minimum atomic E-state index is -0.412. The van der Waals surface area contributed by atoms with Gasteiger partial charge in [-0.3, -0.25) is 4.90 Å². The molecule has 3 rings (SSSR count). The minimum absolute atomic E-state index is 0.115. The smallest absolute Gasteiger partial charge is 0.178 e. The molecule has 108 valence electrons. The Morgan fingerprint density at radius 1 is 1.55 bits per heavy atom. The van der Waals surface area contributed by atoms with E-state index in [9.17, 15) is 4.39 Å². The second-order valence-corrected chi connectivity index (χ2v) is 6.36. The Labute approximate surface area is 127 Å². The van der Waals surface area contributed by atoms with Crippen LogP contribution in [0, 0.1) is 10.6 Å². The van der Waals surface area contributed by atoms with Crippen LogP contribution in [-0.2, 0) is 6.54 Å². The number of rotatable bonds is 4. The van der Waals surface area contributed by atoms with Gasteiger partial charge in [0.05, 0.1) is 16.1 Å². The fourth-order valence-corrected chi connectivity index (χ4v) is 3.01. The number of aromatic nitrogens is 2. The monoisotopic (exact) mass is 313 g/mol. The highest BCUT2D eigenvalue weighted by Crippen LogP contribution is 2.28. The quantitative estimate of drug-likeness (QED) is 0.863. The number of hydrogen-bond donors (Lipinski definition) is 1. The van der Waals surface area contributed by atoms with E-state index in [2.05, 4.69) is 23.9 Å². The first kappa shape index (κ1) is 14.0. The molecular weight excluding hydrogens is 297 g/mol. The standard InChI is InChI=1S/C14H17ClFN3S/c1-8(18(2)9-3-4-9)7-19-13-6-11(16)10(15)5-12(13)17-14(19)20/h5-6,8-9H,3-4,7H2,1-2H3,(H,17,20). The summed E-state index contributed by atoms with van der Waals surface area (Å²) in [6.45, 7) is 2.91. The molecule has 1 aliphatic carbocycles. The first-order chi connectivity index (χ1) is 9.47. The van der Waals surface area contributed by atoms with E-state index in [1.54, 1.807) is 6.07 Å². The van der Waals surface area contributed by atoms with Crippen LogP contribution >= 0.6 is 23.8 Å². The van der Waals surface area contributed by atoms with Crippen molar-refractivity contribution in [1.29, 1.82) is 0 Å². The van der Waals surface area contributed by atoms with Crippen LogP contribution in [-0.4, -0.2) is 33.6 Å². The zero-order chi connectivity index (χ0) is 14.4. The lowest BCUT2D eigenvalue weighted by Gasteiger charge is -2.25. The van der Waals surface area contributed by atoms with Crippen LogP contribution in [0.4, 0.5) is 4.39 Å². The maximum absolute atomic E-state index is 13.7. The van der Waals surface area contributed by atoms with Gasteiger partial charge in [0.25, 0.3) is 0 Å². The summed E-state index contributed by atoms with van der Waals surface area (Å²) in [5.74, 6) is -0.412. The summed E-state index contributed by atoms with van der Waals surface area (Å²) in [5, 5.41) is 0.115. The molecule has 0 aliphatic heterocycles.